The Bertz CT molecular complexity index is 483. The van der Waals surface area contributed by atoms with Gasteiger partial charge in [0, 0.05) is 6.04 Å². The molecule has 1 aromatic carbocycles. The molecule has 0 aliphatic carbocycles. The quantitative estimate of drug-likeness (QED) is 0.735. The van der Waals surface area contributed by atoms with Crippen LogP contribution in [0.1, 0.15) is 38.7 Å². The van der Waals surface area contributed by atoms with Gasteiger partial charge in [-0.2, -0.15) is 0 Å². The van der Waals surface area contributed by atoms with Gasteiger partial charge in [0.25, 0.3) is 0 Å². The molecular weight excluding hydrogens is 272 g/mol. The van der Waals surface area contributed by atoms with E-state index in [4.69, 9.17) is 0 Å². The zero-order chi connectivity index (χ0) is 15.0. The second kappa shape index (κ2) is 8.39. The van der Waals surface area contributed by atoms with Gasteiger partial charge in [0.15, 0.2) is 0 Å². The minimum Gasteiger partial charge on any atom is -0.314 e. The molecular formula is C15H26N2O2S. The van der Waals surface area contributed by atoms with E-state index in [9.17, 15) is 8.42 Å². The number of hydrogen-bond acceptors (Lipinski definition) is 3. The van der Waals surface area contributed by atoms with Gasteiger partial charge in [-0.15, -0.1) is 0 Å². The fraction of sp³-hybridized carbons (Fsp3) is 0.600. The van der Waals surface area contributed by atoms with Gasteiger partial charge in [0.2, 0.25) is 10.0 Å². The molecule has 0 saturated heterocycles. The van der Waals surface area contributed by atoms with Crippen LogP contribution in [-0.2, 0) is 16.4 Å². The van der Waals surface area contributed by atoms with Crippen LogP contribution in [0.4, 0.5) is 0 Å². The Hall–Kier alpha value is -0.910. The highest BCUT2D eigenvalue weighted by molar-refractivity contribution is 7.89. The first-order valence-corrected chi connectivity index (χ1v) is 8.77. The molecule has 114 valence electrons. The van der Waals surface area contributed by atoms with Gasteiger partial charge < -0.3 is 5.32 Å². The Morgan fingerprint density at radius 1 is 1.10 bits per heavy atom. The molecule has 0 bridgehead atoms. The third-order valence-corrected chi connectivity index (χ3v) is 4.73. The van der Waals surface area contributed by atoms with Gasteiger partial charge >= 0.3 is 0 Å². The monoisotopic (exact) mass is 298 g/mol. The van der Waals surface area contributed by atoms with Crippen LogP contribution >= 0.6 is 0 Å². The lowest BCUT2D eigenvalue weighted by Crippen LogP contribution is -2.31. The number of benzene rings is 1. The fourth-order valence-electron chi connectivity index (χ4n) is 2.18. The number of nitrogens with one attached hydrogen (secondary N) is 2. The van der Waals surface area contributed by atoms with E-state index >= 15 is 0 Å². The van der Waals surface area contributed by atoms with E-state index in [0.29, 0.717) is 10.9 Å². The molecule has 1 aromatic rings. The van der Waals surface area contributed by atoms with Crippen LogP contribution in [-0.4, -0.2) is 28.1 Å². The van der Waals surface area contributed by atoms with Gasteiger partial charge in [-0.25, -0.2) is 13.1 Å². The molecule has 0 heterocycles. The van der Waals surface area contributed by atoms with E-state index in [0.717, 1.165) is 32.2 Å². The van der Waals surface area contributed by atoms with Crippen LogP contribution in [0.2, 0.25) is 0 Å². The number of hydrogen-bond donors (Lipinski definition) is 2. The normalized spacial score (nSPS) is 13.3. The predicted octanol–water partition coefficient (Wildman–Crippen LogP) is 2.31. The molecule has 0 fully saturated rings. The summed E-state index contributed by atoms with van der Waals surface area (Å²) in [6.07, 6.45) is 4.34. The first kappa shape index (κ1) is 17.1. The lowest BCUT2D eigenvalue weighted by molar-refractivity contribution is 0.473. The van der Waals surface area contributed by atoms with Crippen molar-refractivity contribution in [3.63, 3.8) is 0 Å². The minimum atomic E-state index is -3.33. The SMILES string of the molecule is CCCNC(CCC)Cc1ccc(S(=O)(=O)NC)cc1. The van der Waals surface area contributed by atoms with Crippen molar-refractivity contribution in [3.8, 4) is 0 Å². The summed E-state index contributed by atoms with van der Waals surface area (Å²) in [5.74, 6) is 0. The third-order valence-electron chi connectivity index (χ3n) is 3.30. The maximum Gasteiger partial charge on any atom is 0.240 e. The molecule has 4 nitrogen and oxygen atoms in total. The van der Waals surface area contributed by atoms with Crippen LogP contribution in [0.15, 0.2) is 29.2 Å². The molecule has 0 saturated carbocycles. The van der Waals surface area contributed by atoms with E-state index in [1.807, 2.05) is 12.1 Å². The van der Waals surface area contributed by atoms with Gasteiger partial charge in [0.1, 0.15) is 0 Å². The van der Waals surface area contributed by atoms with E-state index in [-0.39, 0.29) is 0 Å². The molecule has 5 heteroatoms. The summed E-state index contributed by atoms with van der Waals surface area (Å²) in [5.41, 5.74) is 1.17. The Morgan fingerprint density at radius 2 is 1.75 bits per heavy atom. The lowest BCUT2D eigenvalue weighted by atomic mass is 10.0. The maximum absolute atomic E-state index is 11.7. The zero-order valence-electron chi connectivity index (χ0n) is 12.6. The summed E-state index contributed by atoms with van der Waals surface area (Å²) in [6.45, 7) is 5.37. The second-order valence-corrected chi connectivity index (χ2v) is 6.88. The summed E-state index contributed by atoms with van der Waals surface area (Å²) >= 11 is 0. The van der Waals surface area contributed by atoms with E-state index in [2.05, 4.69) is 23.9 Å². The molecule has 0 spiro atoms. The summed E-state index contributed by atoms with van der Waals surface area (Å²) in [7, 11) is -1.91. The molecule has 0 aromatic heterocycles. The van der Waals surface area contributed by atoms with Crippen molar-refractivity contribution >= 4 is 10.0 Å². The van der Waals surface area contributed by atoms with Crippen molar-refractivity contribution in [2.24, 2.45) is 0 Å². The van der Waals surface area contributed by atoms with Gasteiger partial charge in [-0.3, -0.25) is 0 Å². The van der Waals surface area contributed by atoms with E-state index in [1.165, 1.54) is 12.6 Å². The largest absolute Gasteiger partial charge is 0.314 e. The number of sulfonamides is 1. The Kier molecular flexibility index (Phi) is 7.19. The summed E-state index contributed by atoms with van der Waals surface area (Å²) in [5, 5.41) is 3.54. The first-order valence-electron chi connectivity index (χ1n) is 7.29. The summed E-state index contributed by atoms with van der Waals surface area (Å²) in [4.78, 5) is 0.317. The van der Waals surface area contributed by atoms with Gasteiger partial charge in [-0.05, 0) is 50.6 Å². The van der Waals surface area contributed by atoms with Crippen molar-refractivity contribution in [2.75, 3.05) is 13.6 Å². The summed E-state index contributed by atoms with van der Waals surface area (Å²) < 4.78 is 25.6. The van der Waals surface area contributed by atoms with E-state index in [1.54, 1.807) is 12.1 Å². The lowest BCUT2D eigenvalue weighted by Gasteiger charge is -2.18. The molecule has 20 heavy (non-hydrogen) atoms. The van der Waals surface area contributed by atoms with Crippen molar-refractivity contribution in [1.29, 1.82) is 0 Å². The highest BCUT2D eigenvalue weighted by atomic mass is 32.2. The molecule has 1 rings (SSSR count). The molecule has 1 unspecified atom stereocenters. The maximum atomic E-state index is 11.7. The van der Waals surface area contributed by atoms with Crippen LogP contribution in [0, 0.1) is 0 Å². The fourth-order valence-corrected chi connectivity index (χ4v) is 2.91. The zero-order valence-corrected chi connectivity index (χ0v) is 13.5. The molecule has 0 aliphatic rings. The molecule has 0 radical (unpaired) electrons. The van der Waals surface area contributed by atoms with Crippen molar-refractivity contribution in [1.82, 2.24) is 10.0 Å². The third kappa shape index (κ3) is 5.23. The standard InChI is InChI=1S/C15H26N2O2S/c1-4-6-14(17-11-5-2)12-13-7-9-15(10-8-13)20(18,19)16-3/h7-10,14,16-17H,4-6,11-12H2,1-3H3. The Labute approximate surface area is 123 Å². The average Bonchev–Trinajstić information content (AvgIpc) is 2.45. The topological polar surface area (TPSA) is 58.2 Å². The molecule has 0 aliphatic heterocycles. The number of rotatable bonds is 9. The summed E-state index contributed by atoms with van der Waals surface area (Å²) in [6, 6.07) is 7.61. The Balaban J connectivity index is 2.72. The predicted molar refractivity (Wildman–Crippen MR) is 83.4 cm³/mol. The smallest absolute Gasteiger partial charge is 0.240 e. The second-order valence-electron chi connectivity index (χ2n) is 5.00. The molecule has 1 atom stereocenters. The van der Waals surface area contributed by atoms with E-state index < -0.39 is 10.0 Å². The highest BCUT2D eigenvalue weighted by Crippen LogP contribution is 2.13. The highest BCUT2D eigenvalue weighted by Gasteiger charge is 2.12. The molecule has 2 N–H and O–H groups in total. The van der Waals surface area contributed by atoms with Crippen molar-refractivity contribution in [2.45, 2.75) is 50.5 Å². The Morgan fingerprint density at radius 3 is 2.25 bits per heavy atom. The van der Waals surface area contributed by atoms with Crippen LogP contribution in [0.25, 0.3) is 0 Å². The average molecular weight is 298 g/mol. The molecule has 0 amide bonds. The van der Waals surface area contributed by atoms with Crippen LogP contribution in [0.5, 0.6) is 0 Å². The van der Waals surface area contributed by atoms with Gasteiger partial charge in [-0.1, -0.05) is 32.4 Å². The van der Waals surface area contributed by atoms with Gasteiger partial charge in [0.05, 0.1) is 4.90 Å². The minimum absolute atomic E-state index is 0.317. The van der Waals surface area contributed by atoms with Crippen LogP contribution in [0.3, 0.4) is 0 Å². The van der Waals surface area contributed by atoms with Crippen molar-refractivity contribution < 1.29 is 8.42 Å². The van der Waals surface area contributed by atoms with Crippen LogP contribution < -0.4 is 10.0 Å². The van der Waals surface area contributed by atoms with Crippen molar-refractivity contribution in [3.05, 3.63) is 29.8 Å². The first-order chi connectivity index (χ1) is 9.53.